The predicted octanol–water partition coefficient (Wildman–Crippen LogP) is 0.0607. The topological polar surface area (TPSA) is 110 Å². The number of rotatable bonds is 5. The standard InChI is InChI=1S/C14H22N4O4/c1-3-4-7-18-11(15)10(12(19)16-14(18)21)17(2)13(20)9-6-5-8-22-9/h9H,3-8,15H2,1-2H3,(H,16,19,21). The minimum absolute atomic E-state index is 0.00352. The lowest BCUT2D eigenvalue weighted by Gasteiger charge is -2.22. The van der Waals surface area contributed by atoms with E-state index < -0.39 is 17.4 Å². The lowest BCUT2D eigenvalue weighted by molar-refractivity contribution is -0.127. The number of anilines is 2. The number of nitrogens with one attached hydrogen (secondary N) is 1. The minimum Gasteiger partial charge on any atom is -0.383 e. The van der Waals surface area contributed by atoms with Crippen LogP contribution in [-0.2, 0) is 16.1 Å². The van der Waals surface area contributed by atoms with Crippen molar-refractivity contribution in [3.05, 3.63) is 20.8 Å². The summed E-state index contributed by atoms with van der Waals surface area (Å²) >= 11 is 0. The van der Waals surface area contributed by atoms with Crippen molar-refractivity contribution in [1.29, 1.82) is 0 Å². The first kappa shape index (κ1) is 16.3. The molecule has 0 aliphatic carbocycles. The van der Waals surface area contributed by atoms with Crippen molar-refractivity contribution in [3.63, 3.8) is 0 Å². The molecule has 0 aromatic carbocycles. The summed E-state index contributed by atoms with van der Waals surface area (Å²) in [5.74, 6) is -0.313. The molecule has 22 heavy (non-hydrogen) atoms. The van der Waals surface area contributed by atoms with E-state index in [2.05, 4.69) is 4.98 Å². The van der Waals surface area contributed by atoms with Gasteiger partial charge in [-0.2, -0.15) is 0 Å². The molecule has 0 spiro atoms. The molecule has 0 saturated carbocycles. The molecule has 8 nitrogen and oxygen atoms in total. The van der Waals surface area contributed by atoms with Crippen LogP contribution in [0.3, 0.4) is 0 Å². The van der Waals surface area contributed by atoms with Gasteiger partial charge in [-0.25, -0.2) is 4.79 Å². The third kappa shape index (κ3) is 3.06. The van der Waals surface area contributed by atoms with Crippen LogP contribution < -0.4 is 21.9 Å². The van der Waals surface area contributed by atoms with Gasteiger partial charge >= 0.3 is 5.69 Å². The van der Waals surface area contributed by atoms with Gasteiger partial charge < -0.3 is 15.4 Å². The van der Waals surface area contributed by atoms with Crippen LogP contribution in [0.4, 0.5) is 11.5 Å². The first-order valence-electron chi connectivity index (χ1n) is 7.49. The molecule has 0 bridgehead atoms. The Labute approximate surface area is 127 Å². The van der Waals surface area contributed by atoms with E-state index in [1.807, 2.05) is 6.92 Å². The SMILES string of the molecule is CCCCn1c(N)c(N(C)C(=O)C2CCCO2)c(=O)[nH]c1=O. The summed E-state index contributed by atoms with van der Waals surface area (Å²) in [7, 11) is 1.47. The fourth-order valence-electron chi connectivity index (χ4n) is 2.54. The third-order valence-corrected chi connectivity index (χ3v) is 3.82. The maximum absolute atomic E-state index is 12.4. The number of likely N-dealkylation sites (N-methyl/N-ethyl adjacent to an activating group) is 1. The van der Waals surface area contributed by atoms with Crippen LogP contribution in [0.5, 0.6) is 0 Å². The van der Waals surface area contributed by atoms with Crippen LogP contribution in [0, 0.1) is 0 Å². The van der Waals surface area contributed by atoms with Gasteiger partial charge in [-0.15, -0.1) is 0 Å². The molecule has 1 atom stereocenters. The number of carbonyl (C=O) groups excluding carboxylic acids is 1. The zero-order valence-corrected chi connectivity index (χ0v) is 12.9. The first-order chi connectivity index (χ1) is 10.5. The second kappa shape index (κ2) is 6.78. The van der Waals surface area contributed by atoms with Crippen LogP contribution in [0.25, 0.3) is 0 Å². The predicted molar refractivity (Wildman–Crippen MR) is 83.0 cm³/mol. The van der Waals surface area contributed by atoms with Crippen LogP contribution >= 0.6 is 0 Å². The Morgan fingerprint density at radius 1 is 1.50 bits per heavy atom. The number of aromatic nitrogens is 2. The maximum Gasteiger partial charge on any atom is 0.330 e. The number of hydrogen-bond donors (Lipinski definition) is 2. The molecule has 1 aromatic heterocycles. The molecule has 2 rings (SSSR count). The molecular formula is C14H22N4O4. The van der Waals surface area contributed by atoms with E-state index in [0.717, 1.165) is 19.3 Å². The smallest absolute Gasteiger partial charge is 0.330 e. The van der Waals surface area contributed by atoms with E-state index in [1.165, 1.54) is 16.5 Å². The molecule has 3 N–H and O–H groups in total. The van der Waals surface area contributed by atoms with Crippen molar-refractivity contribution >= 4 is 17.4 Å². The lowest BCUT2D eigenvalue weighted by atomic mass is 10.2. The molecule has 0 radical (unpaired) electrons. The Morgan fingerprint density at radius 2 is 2.23 bits per heavy atom. The Bertz CT molecular complexity index is 658. The average molecular weight is 310 g/mol. The summed E-state index contributed by atoms with van der Waals surface area (Å²) in [6, 6.07) is 0. The molecule has 8 heteroatoms. The normalized spacial score (nSPS) is 17.6. The van der Waals surface area contributed by atoms with Gasteiger partial charge in [0, 0.05) is 20.2 Å². The van der Waals surface area contributed by atoms with Crippen molar-refractivity contribution < 1.29 is 9.53 Å². The Hall–Kier alpha value is -2.09. The highest BCUT2D eigenvalue weighted by molar-refractivity contribution is 5.98. The van der Waals surface area contributed by atoms with Crippen LogP contribution in [0.15, 0.2) is 9.59 Å². The van der Waals surface area contributed by atoms with Gasteiger partial charge in [0.1, 0.15) is 11.9 Å². The number of nitrogen functional groups attached to an aromatic ring is 1. The lowest BCUT2D eigenvalue weighted by Crippen LogP contribution is -2.42. The van der Waals surface area contributed by atoms with Crippen molar-refractivity contribution in [3.8, 4) is 0 Å². The first-order valence-corrected chi connectivity index (χ1v) is 7.49. The number of H-pyrrole nitrogens is 1. The number of nitrogens with zero attached hydrogens (tertiary/aromatic N) is 2. The molecule has 1 aliphatic heterocycles. The molecule has 1 amide bonds. The summed E-state index contributed by atoms with van der Waals surface area (Å²) in [6.45, 7) is 2.92. The molecule has 1 aromatic rings. The van der Waals surface area contributed by atoms with Gasteiger partial charge in [0.15, 0.2) is 5.69 Å². The average Bonchev–Trinajstić information content (AvgIpc) is 3.00. The summed E-state index contributed by atoms with van der Waals surface area (Å²) in [6.07, 6.45) is 2.51. The largest absolute Gasteiger partial charge is 0.383 e. The van der Waals surface area contributed by atoms with Gasteiger partial charge in [-0.05, 0) is 19.3 Å². The van der Waals surface area contributed by atoms with Crippen molar-refractivity contribution in [2.45, 2.75) is 45.3 Å². The summed E-state index contributed by atoms with van der Waals surface area (Å²) in [5, 5.41) is 0. The number of amides is 1. The molecule has 122 valence electrons. The van der Waals surface area contributed by atoms with Crippen LogP contribution in [0.1, 0.15) is 32.6 Å². The third-order valence-electron chi connectivity index (χ3n) is 3.82. The molecule has 1 saturated heterocycles. The zero-order chi connectivity index (χ0) is 16.3. The van der Waals surface area contributed by atoms with E-state index in [4.69, 9.17) is 10.5 Å². The summed E-state index contributed by atoms with van der Waals surface area (Å²) < 4.78 is 6.63. The number of carbonyl (C=O) groups is 1. The monoisotopic (exact) mass is 310 g/mol. The van der Waals surface area contributed by atoms with Gasteiger partial charge in [-0.1, -0.05) is 13.3 Å². The van der Waals surface area contributed by atoms with Gasteiger partial charge in [0.25, 0.3) is 11.5 Å². The van der Waals surface area contributed by atoms with E-state index >= 15 is 0 Å². The van der Waals surface area contributed by atoms with Gasteiger partial charge in [0.2, 0.25) is 0 Å². The van der Waals surface area contributed by atoms with E-state index in [0.29, 0.717) is 19.6 Å². The van der Waals surface area contributed by atoms with Gasteiger partial charge in [0.05, 0.1) is 0 Å². The number of nitrogens with two attached hydrogens (primary N) is 1. The highest BCUT2D eigenvalue weighted by Gasteiger charge is 2.30. The van der Waals surface area contributed by atoms with Crippen LogP contribution in [0.2, 0.25) is 0 Å². The minimum atomic E-state index is -0.663. The van der Waals surface area contributed by atoms with Crippen molar-refractivity contribution in [1.82, 2.24) is 9.55 Å². The quantitative estimate of drug-likeness (QED) is 0.799. The second-order valence-corrected chi connectivity index (χ2v) is 5.40. The summed E-state index contributed by atoms with van der Waals surface area (Å²) in [5.41, 5.74) is 4.75. The Morgan fingerprint density at radius 3 is 2.82 bits per heavy atom. The Kier molecular flexibility index (Phi) is 5.02. The fourth-order valence-corrected chi connectivity index (χ4v) is 2.54. The summed E-state index contributed by atoms with van der Waals surface area (Å²) in [4.78, 5) is 39.7. The van der Waals surface area contributed by atoms with Crippen molar-refractivity contribution in [2.75, 3.05) is 24.3 Å². The van der Waals surface area contributed by atoms with Crippen molar-refractivity contribution in [2.24, 2.45) is 0 Å². The van der Waals surface area contributed by atoms with E-state index in [1.54, 1.807) is 0 Å². The number of unbranched alkanes of at least 4 members (excludes halogenated alkanes) is 1. The molecular weight excluding hydrogens is 288 g/mol. The molecule has 1 unspecified atom stereocenters. The van der Waals surface area contributed by atoms with Gasteiger partial charge in [-0.3, -0.25) is 19.1 Å². The van der Waals surface area contributed by atoms with E-state index in [-0.39, 0.29) is 17.4 Å². The number of ether oxygens (including phenoxy) is 1. The highest BCUT2D eigenvalue weighted by Crippen LogP contribution is 2.20. The zero-order valence-electron chi connectivity index (χ0n) is 12.9. The highest BCUT2D eigenvalue weighted by atomic mass is 16.5. The maximum atomic E-state index is 12.4. The Balaban J connectivity index is 2.38. The molecule has 1 fully saturated rings. The van der Waals surface area contributed by atoms with Crippen LogP contribution in [-0.4, -0.2) is 35.2 Å². The molecule has 1 aliphatic rings. The second-order valence-electron chi connectivity index (χ2n) is 5.40. The number of aromatic amines is 1. The number of hydrogen-bond acceptors (Lipinski definition) is 5. The molecule has 2 heterocycles. The van der Waals surface area contributed by atoms with E-state index in [9.17, 15) is 14.4 Å². The fraction of sp³-hybridized carbons (Fsp3) is 0.643.